The molecule has 0 aliphatic heterocycles. The highest BCUT2D eigenvalue weighted by Crippen LogP contribution is 2.23. The summed E-state index contributed by atoms with van der Waals surface area (Å²) < 4.78 is 0. The number of rotatable bonds is 19. The van der Waals surface area contributed by atoms with Gasteiger partial charge in [-0.15, -0.1) is 0 Å². The van der Waals surface area contributed by atoms with E-state index in [1.165, 1.54) is 69.7 Å². The lowest BCUT2D eigenvalue weighted by atomic mass is 9.91. The van der Waals surface area contributed by atoms with Crippen LogP contribution in [0.4, 0.5) is 0 Å². The lowest BCUT2D eigenvalue weighted by Crippen LogP contribution is -2.22. The van der Waals surface area contributed by atoms with Gasteiger partial charge in [-0.25, -0.2) is 4.98 Å². The quantitative estimate of drug-likeness (QED) is 0.0784. The van der Waals surface area contributed by atoms with Crippen molar-refractivity contribution in [3.8, 4) is 0 Å². The van der Waals surface area contributed by atoms with Crippen LogP contribution in [0, 0.1) is 23.2 Å². The number of allylic oxidation sites excluding steroid dienone is 1. The van der Waals surface area contributed by atoms with E-state index in [9.17, 15) is 0 Å². The fourth-order valence-electron chi connectivity index (χ4n) is 4.64. The molecular weight excluding hydrogens is 448 g/mol. The first-order valence-corrected chi connectivity index (χ1v) is 15.0. The molecule has 0 aliphatic carbocycles. The molecule has 5 heteroatoms. The zero-order valence-electron chi connectivity index (χ0n) is 22.9. The van der Waals surface area contributed by atoms with E-state index in [0.29, 0.717) is 0 Å². The van der Waals surface area contributed by atoms with E-state index >= 15 is 0 Å². The van der Waals surface area contributed by atoms with Crippen molar-refractivity contribution in [3.63, 3.8) is 0 Å². The highest BCUT2D eigenvalue weighted by atomic mass is 32.2. The first kappa shape index (κ1) is 29.5. The van der Waals surface area contributed by atoms with Crippen molar-refractivity contribution in [2.75, 3.05) is 11.5 Å². The predicted octanol–water partition coefficient (Wildman–Crippen LogP) is 8.92. The molecule has 0 saturated carbocycles. The summed E-state index contributed by atoms with van der Waals surface area (Å²) in [6, 6.07) is 8.11. The third-order valence-electron chi connectivity index (χ3n) is 7.00. The molecule has 3 atom stereocenters. The molecule has 0 spiro atoms. The molecule has 2 rings (SSSR count). The number of benzene rings is 1. The molecule has 4 nitrogen and oxygen atoms in total. The fraction of sp³-hybridized carbons (Fsp3) is 0.667. The van der Waals surface area contributed by atoms with Crippen molar-refractivity contribution in [3.05, 3.63) is 41.7 Å². The largest absolute Gasteiger partial charge is 0.366 e. The molecule has 1 heterocycles. The molecule has 3 N–H and O–H groups in total. The number of nitrogens with one attached hydrogen (secondary N) is 3. The van der Waals surface area contributed by atoms with Crippen LogP contribution in [0.25, 0.3) is 11.0 Å². The summed E-state index contributed by atoms with van der Waals surface area (Å²) in [5.74, 6) is 5.38. The van der Waals surface area contributed by atoms with Gasteiger partial charge in [-0.3, -0.25) is 5.41 Å². The standard InChI is InChI=1S/C30H50N4S/c1-23(2)11-8-12-24(3)13-9-14-25(4)15-10-16-26(5)19-20-35-21-29(32-22-31)30-33-27-17-6-7-18-28(27)34-30/h6-7,17-19,22-25,29H,8-16,20-21H2,1-5H3,(H2,31,32)(H,33,34). The number of imidazole rings is 1. The molecule has 3 unspecified atom stereocenters. The molecule has 196 valence electrons. The van der Waals surface area contributed by atoms with Crippen molar-refractivity contribution in [2.24, 2.45) is 17.8 Å². The van der Waals surface area contributed by atoms with E-state index in [-0.39, 0.29) is 6.04 Å². The second-order valence-electron chi connectivity index (χ2n) is 10.9. The van der Waals surface area contributed by atoms with Gasteiger partial charge in [0.25, 0.3) is 0 Å². The Morgan fingerprint density at radius 3 is 2.31 bits per heavy atom. The number of thioether (sulfide) groups is 1. The summed E-state index contributed by atoms with van der Waals surface area (Å²) in [5, 5.41) is 10.6. The van der Waals surface area contributed by atoms with Crippen LogP contribution in [0.15, 0.2) is 35.9 Å². The van der Waals surface area contributed by atoms with Gasteiger partial charge in [0.2, 0.25) is 0 Å². The lowest BCUT2D eigenvalue weighted by molar-refractivity contribution is 0.389. The first-order chi connectivity index (χ1) is 16.9. The minimum atomic E-state index is 0.0254. The van der Waals surface area contributed by atoms with E-state index in [1.807, 2.05) is 36.0 Å². The number of hydrogen-bond donors (Lipinski definition) is 3. The molecule has 0 radical (unpaired) electrons. The van der Waals surface area contributed by atoms with Crippen LogP contribution >= 0.6 is 11.8 Å². The van der Waals surface area contributed by atoms with Gasteiger partial charge in [0.1, 0.15) is 5.82 Å². The van der Waals surface area contributed by atoms with Crippen LogP contribution < -0.4 is 5.32 Å². The van der Waals surface area contributed by atoms with Crippen LogP contribution in [0.5, 0.6) is 0 Å². The maximum absolute atomic E-state index is 7.48. The molecule has 0 bridgehead atoms. The highest BCUT2D eigenvalue weighted by molar-refractivity contribution is 7.99. The Kier molecular flexibility index (Phi) is 14.2. The summed E-state index contributed by atoms with van der Waals surface area (Å²) in [6.07, 6.45) is 15.9. The van der Waals surface area contributed by atoms with Crippen LogP contribution in [0.1, 0.15) is 104 Å². The Hall–Kier alpha value is -1.75. The SMILES string of the molecule is CC(=CCSCC(NC=N)c1nc2ccccc2[nH]1)CCCC(C)CCCC(C)CCCC(C)C. The van der Waals surface area contributed by atoms with Crippen molar-refractivity contribution >= 4 is 29.1 Å². The Labute approximate surface area is 219 Å². The maximum atomic E-state index is 7.48. The van der Waals surface area contributed by atoms with E-state index < -0.39 is 0 Å². The average Bonchev–Trinajstić information content (AvgIpc) is 3.25. The van der Waals surface area contributed by atoms with E-state index in [1.54, 1.807) is 0 Å². The van der Waals surface area contributed by atoms with Gasteiger partial charge >= 0.3 is 0 Å². The number of aromatic nitrogens is 2. The third kappa shape index (κ3) is 12.2. The molecule has 1 aromatic heterocycles. The minimum Gasteiger partial charge on any atom is -0.366 e. The summed E-state index contributed by atoms with van der Waals surface area (Å²) in [7, 11) is 0. The smallest absolute Gasteiger partial charge is 0.130 e. The first-order valence-electron chi connectivity index (χ1n) is 13.8. The molecular formula is C30H50N4S. The Bertz CT molecular complexity index is 839. The molecule has 0 amide bonds. The van der Waals surface area contributed by atoms with E-state index in [0.717, 1.165) is 46.1 Å². The molecule has 0 fully saturated rings. The number of para-hydroxylation sites is 2. The van der Waals surface area contributed by atoms with Crippen molar-refractivity contribution in [1.82, 2.24) is 15.3 Å². The molecule has 35 heavy (non-hydrogen) atoms. The van der Waals surface area contributed by atoms with Gasteiger partial charge in [0.15, 0.2) is 0 Å². The second-order valence-corrected chi connectivity index (χ2v) is 12.0. The summed E-state index contributed by atoms with van der Waals surface area (Å²) in [5.41, 5.74) is 3.53. The number of fused-ring (bicyclic) bond motifs is 1. The number of H-pyrrole nitrogens is 1. The Morgan fingerprint density at radius 2 is 1.66 bits per heavy atom. The molecule has 2 aromatic rings. The van der Waals surface area contributed by atoms with Crippen LogP contribution in [-0.2, 0) is 0 Å². The highest BCUT2D eigenvalue weighted by Gasteiger charge is 2.14. The van der Waals surface area contributed by atoms with E-state index in [2.05, 4.69) is 51.0 Å². The fourth-order valence-corrected chi connectivity index (χ4v) is 5.67. The topological polar surface area (TPSA) is 64.6 Å². The normalized spacial score (nSPS) is 14.9. The zero-order chi connectivity index (χ0) is 25.5. The molecule has 0 aliphatic rings. The number of hydrogen-bond acceptors (Lipinski definition) is 3. The summed E-state index contributed by atoms with van der Waals surface area (Å²) >= 11 is 1.89. The predicted molar refractivity (Wildman–Crippen MR) is 157 cm³/mol. The lowest BCUT2D eigenvalue weighted by Gasteiger charge is -2.15. The minimum absolute atomic E-state index is 0.0254. The number of nitrogens with zero attached hydrogens (tertiary/aromatic N) is 1. The van der Waals surface area contributed by atoms with Gasteiger partial charge in [0, 0.05) is 11.5 Å². The van der Waals surface area contributed by atoms with Gasteiger partial charge < -0.3 is 10.3 Å². The van der Waals surface area contributed by atoms with Crippen molar-refractivity contribution in [2.45, 2.75) is 98.4 Å². The zero-order valence-corrected chi connectivity index (χ0v) is 23.7. The summed E-state index contributed by atoms with van der Waals surface area (Å²) in [4.78, 5) is 8.10. The van der Waals surface area contributed by atoms with Crippen LogP contribution in [0.3, 0.4) is 0 Å². The monoisotopic (exact) mass is 498 g/mol. The van der Waals surface area contributed by atoms with Gasteiger partial charge in [-0.1, -0.05) is 96.4 Å². The maximum Gasteiger partial charge on any atom is 0.130 e. The Morgan fingerprint density at radius 1 is 1.00 bits per heavy atom. The second kappa shape index (κ2) is 16.8. The van der Waals surface area contributed by atoms with Gasteiger partial charge in [0.05, 0.1) is 23.4 Å². The average molecular weight is 499 g/mol. The molecule has 1 aromatic carbocycles. The molecule has 0 saturated heterocycles. The number of aromatic amines is 1. The van der Waals surface area contributed by atoms with Crippen LogP contribution in [0.2, 0.25) is 0 Å². The van der Waals surface area contributed by atoms with Gasteiger partial charge in [-0.2, -0.15) is 11.8 Å². The summed E-state index contributed by atoms with van der Waals surface area (Å²) in [6.45, 7) is 11.8. The van der Waals surface area contributed by atoms with Gasteiger partial charge in [-0.05, 0) is 49.7 Å². The third-order valence-corrected chi connectivity index (χ3v) is 7.97. The Balaban J connectivity index is 1.59. The van der Waals surface area contributed by atoms with E-state index in [4.69, 9.17) is 10.4 Å². The van der Waals surface area contributed by atoms with Crippen molar-refractivity contribution in [1.29, 1.82) is 5.41 Å². The van der Waals surface area contributed by atoms with Crippen molar-refractivity contribution < 1.29 is 0 Å². The van der Waals surface area contributed by atoms with Crippen LogP contribution in [-0.4, -0.2) is 27.8 Å².